The van der Waals surface area contributed by atoms with Gasteiger partial charge < -0.3 is 5.32 Å². The Hall–Kier alpha value is -3.76. The Kier molecular flexibility index (Phi) is 5.99. The van der Waals surface area contributed by atoms with E-state index in [0.717, 1.165) is 53.0 Å². The third kappa shape index (κ3) is 3.91. The van der Waals surface area contributed by atoms with Gasteiger partial charge in [0.2, 0.25) is 5.91 Å². The third-order valence-corrected chi connectivity index (χ3v) is 7.69. The van der Waals surface area contributed by atoms with Crippen LogP contribution in [0.2, 0.25) is 0 Å². The third-order valence-electron chi connectivity index (χ3n) is 6.48. The molecule has 2 aliphatic rings. The van der Waals surface area contributed by atoms with Crippen molar-refractivity contribution in [3.63, 3.8) is 0 Å². The summed E-state index contributed by atoms with van der Waals surface area (Å²) < 4.78 is 0. The molecule has 5 rings (SSSR count). The number of nitrogens with one attached hydrogen (secondary N) is 1. The highest BCUT2D eigenvalue weighted by molar-refractivity contribution is 7.16. The zero-order chi connectivity index (χ0) is 23.7. The number of carbonyl (C=O) groups is 3. The van der Waals surface area contributed by atoms with Gasteiger partial charge in [0.25, 0.3) is 11.8 Å². The molecule has 1 unspecified atom stereocenters. The Labute approximate surface area is 201 Å². The molecule has 1 aromatic heterocycles. The molecule has 1 aliphatic heterocycles. The van der Waals surface area contributed by atoms with Gasteiger partial charge in [0.1, 0.15) is 17.1 Å². The van der Waals surface area contributed by atoms with Crippen LogP contribution in [0.3, 0.4) is 0 Å². The van der Waals surface area contributed by atoms with E-state index in [1.807, 2.05) is 30.3 Å². The van der Waals surface area contributed by atoms with Crippen molar-refractivity contribution in [1.29, 1.82) is 5.26 Å². The molecule has 0 bridgehead atoms. The molecule has 1 atom stereocenters. The Bertz CT molecular complexity index is 1290. The number of hydrogen-bond donors (Lipinski definition) is 1. The first kappa shape index (κ1) is 22.1. The van der Waals surface area contributed by atoms with Crippen molar-refractivity contribution in [2.45, 2.75) is 44.6 Å². The van der Waals surface area contributed by atoms with Crippen molar-refractivity contribution in [2.75, 3.05) is 5.32 Å². The number of thiophene rings is 1. The molecule has 3 aromatic rings. The van der Waals surface area contributed by atoms with Gasteiger partial charge in [-0.3, -0.25) is 19.3 Å². The molecule has 0 spiro atoms. The molecule has 1 N–H and O–H groups in total. The van der Waals surface area contributed by atoms with Crippen LogP contribution in [0.4, 0.5) is 5.00 Å². The van der Waals surface area contributed by atoms with Gasteiger partial charge in [-0.25, -0.2) is 0 Å². The number of hydrogen-bond acceptors (Lipinski definition) is 5. The summed E-state index contributed by atoms with van der Waals surface area (Å²) in [5.41, 5.74) is 2.98. The highest BCUT2D eigenvalue weighted by Crippen LogP contribution is 2.37. The SMILES string of the molecule is N#Cc1c(NC(=O)C(Cc2ccccc2)N2C(=O)c3ccccc3C2=O)sc2c1CCCCC2. The summed E-state index contributed by atoms with van der Waals surface area (Å²) in [6, 6.07) is 17.2. The van der Waals surface area contributed by atoms with Gasteiger partial charge in [-0.05, 0) is 48.9 Å². The number of anilines is 1. The van der Waals surface area contributed by atoms with Crippen LogP contribution in [0, 0.1) is 11.3 Å². The maximum Gasteiger partial charge on any atom is 0.262 e. The summed E-state index contributed by atoms with van der Waals surface area (Å²) in [6.07, 6.45) is 5.14. The summed E-state index contributed by atoms with van der Waals surface area (Å²) in [4.78, 5) is 42.2. The average Bonchev–Trinajstić information content (AvgIpc) is 3.19. The van der Waals surface area contributed by atoms with E-state index >= 15 is 0 Å². The lowest BCUT2D eigenvalue weighted by Gasteiger charge is -2.25. The van der Waals surface area contributed by atoms with Crippen LogP contribution in [0.15, 0.2) is 54.6 Å². The maximum atomic E-state index is 13.6. The van der Waals surface area contributed by atoms with E-state index in [4.69, 9.17) is 0 Å². The monoisotopic (exact) mass is 469 g/mol. The number of rotatable bonds is 5. The van der Waals surface area contributed by atoms with Gasteiger partial charge in [-0.1, -0.05) is 48.9 Å². The summed E-state index contributed by atoms with van der Waals surface area (Å²) in [5.74, 6) is -1.41. The molecule has 0 radical (unpaired) electrons. The zero-order valence-corrected chi connectivity index (χ0v) is 19.4. The van der Waals surface area contributed by atoms with E-state index in [2.05, 4.69) is 11.4 Å². The number of benzene rings is 2. The Morgan fingerprint density at radius 1 is 0.971 bits per heavy atom. The van der Waals surface area contributed by atoms with Crippen molar-refractivity contribution in [3.05, 3.63) is 87.3 Å². The van der Waals surface area contributed by atoms with E-state index in [9.17, 15) is 19.6 Å². The predicted octanol–water partition coefficient (Wildman–Crippen LogP) is 4.73. The quantitative estimate of drug-likeness (QED) is 0.432. The molecule has 0 saturated carbocycles. The number of nitrogens with zero attached hydrogens (tertiary/aromatic N) is 2. The second-order valence-electron chi connectivity index (χ2n) is 8.60. The van der Waals surface area contributed by atoms with E-state index in [-0.39, 0.29) is 6.42 Å². The van der Waals surface area contributed by atoms with Gasteiger partial charge in [-0.2, -0.15) is 5.26 Å². The summed E-state index contributed by atoms with van der Waals surface area (Å²) in [7, 11) is 0. The Morgan fingerprint density at radius 3 is 2.29 bits per heavy atom. The van der Waals surface area contributed by atoms with Crippen molar-refractivity contribution in [3.8, 4) is 6.07 Å². The molecular formula is C27H23N3O3S. The molecule has 1 aliphatic carbocycles. The van der Waals surface area contributed by atoms with Crippen molar-refractivity contribution < 1.29 is 14.4 Å². The molecule has 3 amide bonds. The van der Waals surface area contributed by atoms with Crippen LogP contribution in [-0.4, -0.2) is 28.7 Å². The van der Waals surface area contributed by atoms with E-state index in [1.54, 1.807) is 24.3 Å². The van der Waals surface area contributed by atoms with Crippen molar-refractivity contribution in [2.24, 2.45) is 0 Å². The highest BCUT2D eigenvalue weighted by Gasteiger charge is 2.43. The molecule has 6 nitrogen and oxygen atoms in total. The summed E-state index contributed by atoms with van der Waals surface area (Å²) >= 11 is 1.44. The molecule has 0 fully saturated rings. The average molecular weight is 470 g/mol. The standard InChI is InChI=1S/C27H23N3O3S/c28-16-21-18-11-5-2-6-14-23(18)34-25(21)29-24(31)22(15-17-9-3-1-4-10-17)30-26(32)19-12-7-8-13-20(19)27(30)33/h1,3-4,7-10,12-13,22H,2,5-6,11,14-15H2,(H,29,31). The fourth-order valence-corrected chi connectivity index (χ4v) is 6.02. The zero-order valence-electron chi connectivity index (χ0n) is 18.5. The normalized spacial score (nSPS) is 15.8. The van der Waals surface area contributed by atoms with Crippen LogP contribution in [-0.2, 0) is 24.1 Å². The molecule has 7 heteroatoms. The Morgan fingerprint density at radius 2 is 1.62 bits per heavy atom. The number of nitriles is 1. The number of imide groups is 1. The fraction of sp³-hybridized carbons (Fsp3) is 0.259. The number of fused-ring (bicyclic) bond motifs is 2. The first-order chi connectivity index (χ1) is 16.6. The number of carbonyl (C=O) groups excluding carboxylic acids is 3. The van der Waals surface area contributed by atoms with E-state index in [0.29, 0.717) is 21.7 Å². The molecule has 0 saturated heterocycles. The minimum Gasteiger partial charge on any atom is -0.315 e. The van der Waals surface area contributed by atoms with Crippen LogP contribution in [0.1, 0.15) is 61.5 Å². The number of amides is 3. The minimum absolute atomic E-state index is 0.186. The lowest BCUT2D eigenvalue weighted by Crippen LogP contribution is -2.48. The molecular weight excluding hydrogens is 446 g/mol. The van der Waals surface area contributed by atoms with Gasteiger partial charge in [0.05, 0.1) is 16.7 Å². The maximum absolute atomic E-state index is 13.6. The first-order valence-electron chi connectivity index (χ1n) is 11.4. The van der Waals surface area contributed by atoms with Gasteiger partial charge in [0.15, 0.2) is 0 Å². The van der Waals surface area contributed by atoms with Gasteiger partial charge in [-0.15, -0.1) is 11.3 Å². The molecule has 2 heterocycles. The van der Waals surface area contributed by atoms with Crippen molar-refractivity contribution in [1.82, 2.24) is 4.90 Å². The number of aryl methyl sites for hydroxylation is 1. The van der Waals surface area contributed by atoms with Crippen LogP contribution in [0.5, 0.6) is 0 Å². The van der Waals surface area contributed by atoms with Crippen LogP contribution < -0.4 is 5.32 Å². The fourth-order valence-electron chi connectivity index (χ4n) is 4.77. The minimum atomic E-state index is -1.04. The van der Waals surface area contributed by atoms with E-state index in [1.165, 1.54) is 11.3 Å². The predicted molar refractivity (Wildman–Crippen MR) is 130 cm³/mol. The van der Waals surface area contributed by atoms with Gasteiger partial charge >= 0.3 is 0 Å². The lowest BCUT2D eigenvalue weighted by molar-refractivity contribution is -0.119. The Balaban J connectivity index is 1.49. The van der Waals surface area contributed by atoms with E-state index < -0.39 is 23.8 Å². The topological polar surface area (TPSA) is 90.3 Å². The largest absolute Gasteiger partial charge is 0.315 e. The molecule has 34 heavy (non-hydrogen) atoms. The van der Waals surface area contributed by atoms with Crippen LogP contribution >= 0.6 is 11.3 Å². The molecule has 170 valence electrons. The lowest BCUT2D eigenvalue weighted by atomic mass is 10.0. The van der Waals surface area contributed by atoms with Crippen LogP contribution in [0.25, 0.3) is 0 Å². The summed E-state index contributed by atoms with van der Waals surface area (Å²) in [5, 5.41) is 13.3. The second-order valence-corrected chi connectivity index (χ2v) is 9.71. The second kappa shape index (κ2) is 9.24. The summed E-state index contributed by atoms with van der Waals surface area (Å²) in [6.45, 7) is 0. The van der Waals surface area contributed by atoms with Gasteiger partial charge in [0, 0.05) is 11.3 Å². The van der Waals surface area contributed by atoms with Crippen molar-refractivity contribution >= 4 is 34.1 Å². The highest BCUT2D eigenvalue weighted by atomic mass is 32.1. The first-order valence-corrected chi connectivity index (χ1v) is 12.3. The smallest absolute Gasteiger partial charge is 0.262 e. The molecule has 2 aromatic carbocycles.